The first-order valence-electron chi connectivity index (χ1n) is 5.61. The molecule has 1 aromatic rings. The highest BCUT2D eigenvalue weighted by atomic mass is 16.5. The van der Waals surface area contributed by atoms with Crippen molar-refractivity contribution in [3.05, 3.63) is 29.7 Å². The zero-order valence-electron chi connectivity index (χ0n) is 9.56. The molecule has 0 spiro atoms. The highest BCUT2D eigenvalue weighted by Gasteiger charge is 2.17. The molecule has 1 aromatic heterocycles. The quantitative estimate of drug-likeness (QED) is 0.795. The van der Waals surface area contributed by atoms with Crippen molar-refractivity contribution in [1.29, 1.82) is 0 Å². The van der Waals surface area contributed by atoms with Gasteiger partial charge >= 0.3 is 0 Å². The highest BCUT2D eigenvalue weighted by Crippen LogP contribution is 2.15. The van der Waals surface area contributed by atoms with Gasteiger partial charge in [0.2, 0.25) is 0 Å². The Bertz CT molecular complexity index is 407. The molecule has 0 aromatic carbocycles. The van der Waals surface area contributed by atoms with E-state index in [1.165, 1.54) is 0 Å². The Hall–Kier alpha value is -1.58. The van der Waals surface area contributed by atoms with Crippen molar-refractivity contribution in [2.75, 3.05) is 0 Å². The second-order valence-corrected chi connectivity index (χ2v) is 4.35. The first kappa shape index (κ1) is 10.9. The van der Waals surface area contributed by atoms with Crippen molar-refractivity contribution >= 4 is 5.91 Å². The lowest BCUT2D eigenvalue weighted by Crippen LogP contribution is -2.32. The second kappa shape index (κ2) is 4.51. The standard InChI is InChI=1S/C12H16N2O2/c1-8(2)11-7-10(14-16-11)12(15)13-9-5-3-4-6-9/h3,5,7-9H,4,6H2,1-2H3,(H,13,15). The molecule has 0 saturated carbocycles. The van der Waals surface area contributed by atoms with Gasteiger partial charge in [0, 0.05) is 18.0 Å². The Labute approximate surface area is 94.7 Å². The highest BCUT2D eigenvalue weighted by molar-refractivity contribution is 5.92. The van der Waals surface area contributed by atoms with E-state index >= 15 is 0 Å². The number of allylic oxidation sites excluding steroid dienone is 1. The Kier molecular flexibility index (Phi) is 3.08. The normalized spacial score (nSPS) is 19.3. The van der Waals surface area contributed by atoms with Crippen LogP contribution in [0.25, 0.3) is 0 Å². The molecule has 86 valence electrons. The molecule has 1 unspecified atom stereocenters. The lowest BCUT2D eigenvalue weighted by Gasteiger charge is -2.07. The number of carbonyl (C=O) groups excluding carboxylic acids is 1. The van der Waals surface area contributed by atoms with Crippen LogP contribution < -0.4 is 5.32 Å². The van der Waals surface area contributed by atoms with E-state index in [-0.39, 0.29) is 17.9 Å². The average molecular weight is 220 g/mol. The molecule has 1 atom stereocenters. The van der Waals surface area contributed by atoms with E-state index in [9.17, 15) is 4.79 Å². The first-order valence-corrected chi connectivity index (χ1v) is 5.61. The summed E-state index contributed by atoms with van der Waals surface area (Å²) in [6, 6.07) is 1.85. The van der Waals surface area contributed by atoms with Crippen LogP contribution in [0.5, 0.6) is 0 Å². The number of nitrogens with zero attached hydrogens (tertiary/aromatic N) is 1. The minimum absolute atomic E-state index is 0.145. The largest absolute Gasteiger partial charge is 0.360 e. The van der Waals surface area contributed by atoms with Crippen molar-refractivity contribution in [3.8, 4) is 0 Å². The second-order valence-electron chi connectivity index (χ2n) is 4.35. The number of hydrogen-bond acceptors (Lipinski definition) is 3. The molecule has 1 amide bonds. The average Bonchev–Trinajstić information content (AvgIpc) is 2.86. The summed E-state index contributed by atoms with van der Waals surface area (Å²) in [5, 5.41) is 6.67. The van der Waals surface area contributed by atoms with Gasteiger partial charge in [-0.15, -0.1) is 0 Å². The van der Waals surface area contributed by atoms with E-state index in [2.05, 4.69) is 16.5 Å². The van der Waals surface area contributed by atoms with E-state index in [1.54, 1.807) is 6.07 Å². The van der Waals surface area contributed by atoms with Crippen LogP contribution in [0.15, 0.2) is 22.7 Å². The fourth-order valence-electron chi connectivity index (χ4n) is 1.66. The third-order valence-corrected chi connectivity index (χ3v) is 2.66. The Morgan fingerprint density at radius 2 is 2.44 bits per heavy atom. The molecule has 1 N–H and O–H groups in total. The van der Waals surface area contributed by atoms with E-state index in [0.29, 0.717) is 5.69 Å². The van der Waals surface area contributed by atoms with E-state index in [1.807, 2.05) is 19.9 Å². The van der Waals surface area contributed by atoms with Gasteiger partial charge in [-0.05, 0) is 12.8 Å². The minimum atomic E-state index is -0.160. The van der Waals surface area contributed by atoms with Crippen molar-refractivity contribution in [2.45, 2.75) is 38.6 Å². The fraction of sp³-hybridized carbons (Fsp3) is 0.500. The molecule has 4 heteroatoms. The number of carbonyl (C=O) groups is 1. The van der Waals surface area contributed by atoms with Crippen LogP contribution in [0.4, 0.5) is 0 Å². The molecule has 0 bridgehead atoms. The van der Waals surface area contributed by atoms with Crippen molar-refractivity contribution in [1.82, 2.24) is 10.5 Å². The van der Waals surface area contributed by atoms with Gasteiger partial charge in [0.05, 0.1) is 0 Å². The summed E-state index contributed by atoms with van der Waals surface area (Å²) in [6.45, 7) is 4.00. The van der Waals surface area contributed by atoms with Crippen molar-refractivity contribution in [3.63, 3.8) is 0 Å². The smallest absolute Gasteiger partial charge is 0.273 e. The molecule has 4 nitrogen and oxygen atoms in total. The van der Waals surface area contributed by atoms with Crippen LogP contribution in [0.2, 0.25) is 0 Å². The van der Waals surface area contributed by atoms with Crippen molar-refractivity contribution in [2.24, 2.45) is 0 Å². The topological polar surface area (TPSA) is 55.1 Å². The van der Waals surface area contributed by atoms with Gasteiger partial charge in [-0.25, -0.2) is 0 Å². The molecular weight excluding hydrogens is 204 g/mol. The molecule has 0 fully saturated rings. The molecule has 0 radical (unpaired) electrons. The maximum absolute atomic E-state index is 11.8. The monoisotopic (exact) mass is 220 g/mol. The first-order chi connectivity index (χ1) is 7.66. The zero-order valence-corrected chi connectivity index (χ0v) is 9.56. The van der Waals surface area contributed by atoms with Crippen molar-refractivity contribution < 1.29 is 9.32 Å². The maximum atomic E-state index is 11.8. The Balaban J connectivity index is 2.00. The number of nitrogens with one attached hydrogen (secondary N) is 1. The van der Waals surface area contributed by atoms with Crippen LogP contribution in [0.1, 0.15) is 48.9 Å². The molecule has 0 saturated heterocycles. The van der Waals surface area contributed by atoms with Crippen LogP contribution in [-0.2, 0) is 0 Å². The fourth-order valence-corrected chi connectivity index (χ4v) is 1.66. The SMILES string of the molecule is CC(C)c1cc(C(=O)NC2C=CCC2)no1. The van der Waals surface area contributed by atoms with Crippen LogP contribution in [-0.4, -0.2) is 17.1 Å². The summed E-state index contributed by atoms with van der Waals surface area (Å²) in [5.41, 5.74) is 0.365. The van der Waals surface area contributed by atoms with Crippen LogP contribution in [0.3, 0.4) is 0 Å². The predicted molar refractivity (Wildman–Crippen MR) is 60.2 cm³/mol. The lowest BCUT2D eigenvalue weighted by atomic mass is 10.1. The van der Waals surface area contributed by atoms with E-state index in [0.717, 1.165) is 18.6 Å². The molecule has 1 heterocycles. The van der Waals surface area contributed by atoms with Gasteiger partial charge in [-0.1, -0.05) is 31.2 Å². The third-order valence-electron chi connectivity index (χ3n) is 2.66. The zero-order chi connectivity index (χ0) is 11.5. The minimum Gasteiger partial charge on any atom is -0.360 e. The van der Waals surface area contributed by atoms with Gasteiger partial charge in [0.25, 0.3) is 5.91 Å². The van der Waals surface area contributed by atoms with E-state index < -0.39 is 0 Å². The summed E-state index contributed by atoms with van der Waals surface area (Å²) >= 11 is 0. The number of amides is 1. The van der Waals surface area contributed by atoms with E-state index in [4.69, 9.17) is 4.52 Å². The van der Waals surface area contributed by atoms with Crippen LogP contribution >= 0.6 is 0 Å². The molecule has 1 aliphatic carbocycles. The Morgan fingerprint density at radius 3 is 3.00 bits per heavy atom. The van der Waals surface area contributed by atoms with Gasteiger partial charge in [0.15, 0.2) is 5.69 Å². The number of hydrogen-bond donors (Lipinski definition) is 1. The summed E-state index contributed by atoms with van der Waals surface area (Å²) < 4.78 is 5.08. The number of rotatable bonds is 3. The van der Waals surface area contributed by atoms with Crippen LogP contribution in [0, 0.1) is 0 Å². The molecular formula is C12H16N2O2. The summed E-state index contributed by atoms with van der Waals surface area (Å²) in [7, 11) is 0. The summed E-state index contributed by atoms with van der Waals surface area (Å²) in [4.78, 5) is 11.8. The molecule has 0 aliphatic heterocycles. The summed E-state index contributed by atoms with van der Waals surface area (Å²) in [5.74, 6) is 0.833. The summed E-state index contributed by atoms with van der Waals surface area (Å²) in [6.07, 6.45) is 6.09. The Morgan fingerprint density at radius 1 is 1.62 bits per heavy atom. The van der Waals surface area contributed by atoms with Gasteiger partial charge < -0.3 is 9.84 Å². The lowest BCUT2D eigenvalue weighted by molar-refractivity contribution is 0.0935. The van der Waals surface area contributed by atoms with Gasteiger partial charge in [-0.2, -0.15) is 0 Å². The maximum Gasteiger partial charge on any atom is 0.273 e. The van der Waals surface area contributed by atoms with Gasteiger partial charge in [0.1, 0.15) is 5.76 Å². The number of aromatic nitrogens is 1. The third kappa shape index (κ3) is 2.32. The predicted octanol–water partition coefficient (Wildman–Crippen LogP) is 2.25. The molecule has 16 heavy (non-hydrogen) atoms. The van der Waals surface area contributed by atoms with Gasteiger partial charge in [-0.3, -0.25) is 4.79 Å². The molecule has 2 rings (SSSR count). The molecule has 1 aliphatic rings.